The average molecular weight is 373 g/mol. The quantitative estimate of drug-likeness (QED) is 0.773. The Labute approximate surface area is 123 Å². The zero-order valence-corrected chi connectivity index (χ0v) is 13.0. The standard InChI is InChI=1S/C14H12Br2FN/c1-9-2-4-12(16)14(6-9)18-8-10-3-5-11(15)13(17)7-10/h2-7,18H,8H2,1H3. The van der Waals surface area contributed by atoms with Gasteiger partial charge in [-0.2, -0.15) is 0 Å². The largest absolute Gasteiger partial charge is 0.380 e. The fourth-order valence-corrected chi connectivity index (χ4v) is 2.25. The first-order chi connectivity index (χ1) is 8.56. The Bertz CT molecular complexity index is 570. The lowest BCUT2D eigenvalue weighted by atomic mass is 10.2. The molecule has 0 aliphatic rings. The molecule has 0 aliphatic carbocycles. The summed E-state index contributed by atoms with van der Waals surface area (Å²) in [6, 6.07) is 11.2. The third-order valence-electron chi connectivity index (χ3n) is 2.59. The van der Waals surface area contributed by atoms with E-state index in [-0.39, 0.29) is 5.82 Å². The molecule has 0 unspecified atom stereocenters. The van der Waals surface area contributed by atoms with Crippen LogP contribution in [0.5, 0.6) is 0 Å². The molecule has 0 amide bonds. The maximum Gasteiger partial charge on any atom is 0.137 e. The van der Waals surface area contributed by atoms with Crippen LogP contribution in [0.1, 0.15) is 11.1 Å². The summed E-state index contributed by atoms with van der Waals surface area (Å²) in [5.74, 6) is -0.238. The zero-order chi connectivity index (χ0) is 13.1. The van der Waals surface area contributed by atoms with E-state index in [1.54, 1.807) is 6.07 Å². The van der Waals surface area contributed by atoms with Crippen LogP contribution in [0.25, 0.3) is 0 Å². The van der Waals surface area contributed by atoms with Crippen LogP contribution in [-0.4, -0.2) is 0 Å². The number of aryl methyl sites for hydroxylation is 1. The van der Waals surface area contributed by atoms with E-state index in [2.05, 4.69) is 43.2 Å². The summed E-state index contributed by atoms with van der Waals surface area (Å²) >= 11 is 6.63. The Morgan fingerprint density at radius 3 is 2.50 bits per heavy atom. The van der Waals surface area contributed by atoms with Gasteiger partial charge >= 0.3 is 0 Å². The van der Waals surface area contributed by atoms with Gasteiger partial charge in [0.15, 0.2) is 0 Å². The molecule has 0 saturated heterocycles. The number of nitrogens with one attached hydrogen (secondary N) is 1. The minimum Gasteiger partial charge on any atom is -0.380 e. The smallest absolute Gasteiger partial charge is 0.137 e. The highest BCUT2D eigenvalue weighted by Gasteiger charge is 2.03. The predicted octanol–water partition coefficient (Wildman–Crippen LogP) is 5.27. The van der Waals surface area contributed by atoms with Crippen molar-refractivity contribution in [1.82, 2.24) is 0 Å². The third kappa shape index (κ3) is 3.33. The first-order valence-corrected chi connectivity index (χ1v) is 7.09. The summed E-state index contributed by atoms with van der Waals surface area (Å²) in [4.78, 5) is 0. The third-order valence-corrected chi connectivity index (χ3v) is 3.92. The van der Waals surface area contributed by atoms with Crippen LogP contribution >= 0.6 is 31.9 Å². The van der Waals surface area contributed by atoms with Gasteiger partial charge in [0.25, 0.3) is 0 Å². The van der Waals surface area contributed by atoms with Gasteiger partial charge in [0, 0.05) is 16.7 Å². The zero-order valence-electron chi connectivity index (χ0n) is 9.81. The normalized spacial score (nSPS) is 10.4. The monoisotopic (exact) mass is 371 g/mol. The van der Waals surface area contributed by atoms with Crippen molar-refractivity contribution in [1.29, 1.82) is 0 Å². The molecule has 0 fully saturated rings. The van der Waals surface area contributed by atoms with Crippen molar-refractivity contribution in [2.75, 3.05) is 5.32 Å². The fraction of sp³-hybridized carbons (Fsp3) is 0.143. The topological polar surface area (TPSA) is 12.0 Å². The van der Waals surface area contributed by atoms with Gasteiger partial charge in [0.1, 0.15) is 5.82 Å². The Kier molecular flexibility index (Phi) is 4.40. The van der Waals surface area contributed by atoms with Crippen LogP contribution in [0.2, 0.25) is 0 Å². The van der Waals surface area contributed by atoms with Gasteiger partial charge < -0.3 is 5.32 Å². The Morgan fingerprint density at radius 2 is 1.78 bits per heavy atom. The van der Waals surface area contributed by atoms with Crippen molar-refractivity contribution in [2.45, 2.75) is 13.5 Å². The molecule has 0 heterocycles. The van der Waals surface area contributed by atoms with E-state index in [0.29, 0.717) is 11.0 Å². The molecule has 2 aromatic rings. The van der Waals surface area contributed by atoms with Crippen molar-refractivity contribution in [3.05, 3.63) is 62.3 Å². The number of hydrogen-bond donors (Lipinski definition) is 1. The first-order valence-electron chi connectivity index (χ1n) is 5.50. The molecule has 2 aromatic carbocycles. The summed E-state index contributed by atoms with van der Waals surface area (Å²) in [6.45, 7) is 2.63. The molecule has 4 heteroatoms. The maximum absolute atomic E-state index is 13.4. The highest BCUT2D eigenvalue weighted by atomic mass is 79.9. The summed E-state index contributed by atoms with van der Waals surface area (Å²) in [6.07, 6.45) is 0. The van der Waals surface area contributed by atoms with Gasteiger partial charge in [-0.05, 0) is 74.2 Å². The Balaban J connectivity index is 2.11. The summed E-state index contributed by atoms with van der Waals surface area (Å²) in [7, 11) is 0. The van der Waals surface area contributed by atoms with E-state index in [4.69, 9.17) is 0 Å². The van der Waals surface area contributed by atoms with Gasteiger partial charge in [0.2, 0.25) is 0 Å². The molecule has 0 aromatic heterocycles. The fourth-order valence-electron chi connectivity index (χ4n) is 1.62. The summed E-state index contributed by atoms with van der Waals surface area (Å²) < 4.78 is 14.9. The van der Waals surface area contributed by atoms with Crippen LogP contribution in [0.4, 0.5) is 10.1 Å². The first kappa shape index (κ1) is 13.6. The molecule has 0 spiro atoms. The SMILES string of the molecule is Cc1ccc(Br)c(NCc2ccc(Br)c(F)c2)c1. The van der Waals surface area contributed by atoms with E-state index in [0.717, 1.165) is 15.7 Å². The van der Waals surface area contributed by atoms with E-state index in [1.807, 2.05) is 25.1 Å². The number of anilines is 1. The van der Waals surface area contributed by atoms with E-state index >= 15 is 0 Å². The van der Waals surface area contributed by atoms with Gasteiger partial charge in [-0.25, -0.2) is 4.39 Å². The lowest BCUT2D eigenvalue weighted by Crippen LogP contribution is -2.00. The number of benzene rings is 2. The van der Waals surface area contributed by atoms with Gasteiger partial charge in [-0.3, -0.25) is 0 Å². The molecule has 0 radical (unpaired) electrons. The number of rotatable bonds is 3. The van der Waals surface area contributed by atoms with Crippen LogP contribution < -0.4 is 5.32 Å². The predicted molar refractivity (Wildman–Crippen MR) is 80.3 cm³/mol. The van der Waals surface area contributed by atoms with Gasteiger partial charge in [0.05, 0.1) is 4.47 Å². The lowest BCUT2D eigenvalue weighted by Gasteiger charge is -2.10. The maximum atomic E-state index is 13.4. The lowest BCUT2D eigenvalue weighted by molar-refractivity contribution is 0.619. The van der Waals surface area contributed by atoms with Crippen LogP contribution in [0.15, 0.2) is 45.3 Å². The minimum atomic E-state index is -0.238. The molecule has 94 valence electrons. The van der Waals surface area contributed by atoms with E-state index < -0.39 is 0 Å². The Hall–Kier alpha value is -0.870. The molecular formula is C14H12Br2FN. The molecule has 1 N–H and O–H groups in total. The second-order valence-corrected chi connectivity index (χ2v) is 5.79. The number of halogens is 3. The van der Waals surface area contributed by atoms with Crippen molar-refractivity contribution in [3.8, 4) is 0 Å². The average Bonchev–Trinajstić information content (AvgIpc) is 2.34. The second-order valence-electron chi connectivity index (χ2n) is 4.09. The van der Waals surface area contributed by atoms with Crippen LogP contribution in [0, 0.1) is 12.7 Å². The molecule has 0 atom stereocenters. The van der Waals surface area contributed by atoms with Crippen molar-refractivity contribution >= 4 is 37.5 Å². The van der Waals surface area contributed by atoms with Crippen molar-refractivity contribution in [3.63, 3.8) is 0 Å². The number of hydrogen-bond acceptors (Lipinski definition) is 1. The van der Waals surface area contributed by atoms with E-state index in [1.165, 1.54) is 11.6 Å². The van der Waals surface area contributed by atoms with Crippen molar-refractivity contribution < 1.29 is 4.39 Å². The molecular weight excluding hydrogens is 361 g/mol. The highest BCUT2D eigenvalue weighted by Crippen LogP contribution is 2.24. The summed E-state index contributed by atoms with van der Waals surface area (Å²) in [5.41, 5.74) is 3.10. The molecule has 2 rings (SSSR count). The van der Waals surface area contributed by atoms with Crippen LogP contribution in [-0.2, 0) is 6.54 Å². The second kappa shape index (κ2) is 5.85. The minimum absolute atomic E-state index is 0.238. The van der Waals surface area contributed by atoms with E-state index in [9.17, 15) is 4.39 Å². The van der Waals surface area contributed by atoms with Gasteiger partial charge in [-0.1, -0.05) is 12.1 Å². The van der Waals surface area contributed by atoms with Gasteiger partial charge in [-0.15, -0.1) is 0 Å². The molecule has 0 bridgehead atoms. The van der Waals surface area contributed by atoms with Crippen molar-refractivity contribution in [2.24, 2.45) is 0 Å². The molecule has 0 aliphatic heterocycles. The molecule has 0 saturated carbocycles. The Morgan fingerprint density at radius 1 is 1.06 bits per heavy atom. The van der Waals surface area contributed by atoms with Crippen LogP contribution in [0.3, 0.4) is 0 Å². The highest BCUT2D eigenvalue weighted by molar-refractivity contribution is 9.10. The molecule has 18 heavy (non-hydrogen) atoms. The molecule has 1 nitrogen and oxygen atoms in total. The summed E-state index contributed by atoms with van der Waals surface area (Å²) in [5, 5.41) is 3.29.